The molecular weight excluding hydrogens is 244 g/mol. The minimum absolute atomic E-state index is 0.192. The lowest BCUT2D eigenvalue weighted by Crippen LogP contribution is -2.40. The Morgan fingerprint density at radius 1 is 1.39 bits per heavy atom. The lowest BCUT2D eigenvalue weighted by Gasteiger charge is -2.36. The Morgan fingerprint density at radius 2 is 2.06 bits per heavy atom. The molecular formula is C13H22N2O2Si. The monoisotopic (exact) mass is 266 g/mol. The van der Waals surface area contributed by atoms with Crippen molar-refractivity contribution in [3.63, 3.8) is 0 Å². The van der Waals surface area contributed by atoms with E-state index >= 15 is 0 Å². The molecule has 0 radical (unpaired) electrons. The molecule has 1 rings (SSSR count). The van der Waals surface area contributed by atoms with Crippen molar-refractivity contribution in [2.45, 2.75) is 45.5 Å². The summed E-state index contributed by atoms with van der Waals surface area (Å²) >= 11 is 0. The van der Waals surface area contributed by atoms with Gasteiger partial charge in [0.1, 0.15) is 0 Å². The Morgan fingerprint density at radius 3 is 2.61 bits per heavy atom. The van der Waals surface area contributed by atoms with Crippen LogP contribution in [-0.2, 0) is 11.0 Å². The summed E-state index contributed by atoms with van der Waals surface area (Å²) in [4.78, 5) is 4.34. The molecule has 100 valence electrons. The molecule has 1 N–H and O–H groups in total. The van der Waals surface area contributed by atoms with Crippen LogP contribution in [0.1, 0.15) is 32.2 Å². The van der Waals surface area contributed by atoms with Crippen molar-refractivity contribution in [2.24, 2.45) is 5.16 Å². The van der Waals surface area contributed by atoms with Gasteiger partial charge in [-0.15, -0.1) is 0 Å². The summed E-state index contributed by atoms with van der Waals surface area (Å²) < 4.78 is 6.08. The van der Waals surface area contributed by atoms with E-state index in [-0.39, 0.29) is 5.04 Å². The number of hydrogen-bond acceptors (Lipinski definition) is 4. The van der Waals surface area contributed by atoms with Gasteiger partial charge >= 0.3 is 0 Å². The highest BCUT2D eigenvalue weighted by molar-refractivity contribution is 6.74. The summed E-state index contributed by atoms with van der Waals surface area (Å²) in [7, 11) is -1.75. The minimum atomic E-state index is -1.75. The maximum atomic E-state index is 8.48. The number of aromatic nitrogens is 1. The number of nitrogens with zero attached hydrogens (tertiary/aromatic N) is 2. The highest BCUT2D eigenvalue weighted by Crippen LogP contribution is 2.36. The number of oxime groups is 1. The van der Waals surface area contributed by atoms with E-state index in [2.05, 4.69) is 44.0 Å². The summed E-state index contributed by atoms with van der Waals surface area (Å²) in [6, 6.07) is 5.59. The fourth-order valence-corrected chi connectivity index (χ4v) is 2.12. The van der Waals surface area contributed by atoms with Crippen LogP contribution in [0.15, 0.2) is 23.4 Å². The Kier molecular flexibility index (Phi) is 4.64. The molecule has 4 nitrogen and oxygen atoms in total. The summed E-state index contributed by atoms with van der Waals surface area (Å²) in [5.74, 6) is 0. The Balaban J connectivity index is 2.72. The fraction of sp³-hybridized carbons (Fsp3) is 0.538. The van der Waals surface area contributed by atoms with Crippen LogP contribution in [0, 0.1) is 0 Å². The molecule has 0 saturated carbocycles. The molecule has 0 atom stereocenters. The molecule has 5 heteroatoms. The lowest BCUT2D eigenvalue weighted by atomic mass is 10.2. The van der Waals surface area contributed by atoms with Gasteiger partial charge in [0.15, 0.2) is 8.32 Å². The second-order valence-corrected chi connectivity index (χ2v) is 10.7. The first kappa shape index (κ1) is 14.9. The van der Waals surface area contributed by atoms with Crippen LogP contribution in [0.2, 0.25) is 18.1 Å². The average molecular weight is 266 g/mol. The molecule has 0 spiro atoms. The SMILES string of the molecule is CC(C)(C)[Si](C)(C)OCc1cccc(/C=N/O)n1. The molecule has 18 heavy (non-hydrogen) atoms. The van der Waals surface area contributed by atoms with E-state index in [4.69, 9.17) is 9.63 Å². The first-order chi connectivity index (χ1) is 8.26. The van der Waals surface area contributed by atoms with Crippen LogP contribution in [0.4, 0.5) is 0 Å². The predicted molar refractivity (Wildman–Crippen MR) is 75.6 cm³/mol. The van der Waals surface area contributed by atoms with Crippen molar-refractivity contribution in [3.05, 3.63) is 29.6 Å². The van der Waals surface area contributed by atoms with Gasteiger partial charge in [-0.1, -0.05) is 32.0 Å². The average Bonchev–Trinajstić information content (AvgIpc) is 2.26. The quantitative estimate of drug-likeness (QED) is 0.393. The third kappa shape index (κ3) is 3.92. The number of hydrogen-bond donors (Lipinski definition) is 1. The van der Waals surface area contributed by atoms with Crippen molar-refractivity contribution in [1.82, 2.24) is 4.98 Å². The molecule has 0 fully saturated rings. The van der Waals surface area contributed by atoms with E-state index in [9.17, 15) is 0 Å². The van der Waals surface area contributed by atoms with E-state index in [1.165, 1.54) is 6.21 Å². The predicted octanol–water partition coefficient (Wildman–Crippen LogP) is 3.41. The molecule has 0 amide bonds. The van der Waals surface area contributed by atoms with Gasteiger partial charge in [0, 0.05) is 0 Å². The van der Waals surface area contributed by atoms with E-state index < -0.39 is 8.32 Å². The van der Waals surface area contributed by atoms with Gasteiger partial charge < -0.3 is 9.63 Å². The van der Waals surface area contributed by atoms with Crippen molar-refractivity contribution in [3.8, 4) is 0 Å². The molecule has 0 saturated heterocycles. The number of pyridine rings is 1. The normalized spacial score (nSPS) is 13.2. The zero-order valence-electron chi connectivity index (χ0n) is 11.8. The summed E-state index contributed by atoms with van der Waals surface area (Å²) in [6.45, 7) is 11.6. The third-order valence-corrected chi connectivity index (χ3v) is 7.88. The second kappa shape index (κ2) is 5.62. The van der Waals surface area contributed by atoms with Gasteiger partial charge in [-0.25, -0.2) is 4.98 Å². The van der Waals surface area contributed by atoms with Crippen LogP contribution in [0.5, 0.6) is 0 Å². The highest BCUT2D eigenvalue weighted by atomic mass is 28.4. The minimum Gasteiger partial charge on any atom is -0.411 e. The lowest BCUT2D eigenvalue weighted by molar-refractivity contribution is 0.272. The molecule has 0 aliphatic rings. The maximum Gasteiger partial charge on any atom is 0.192 e. The standard InChI is InChI=1S/C13H22N2O2Si/c1-13(2,3)18(4,5)17-10-12-8-6-7-11(15-12)9-14-16/h6-9,16H,10H2,1-5H3/b14-9+. The van der Waals surface area contributed by atoms with Crippen molar-refractivity contribution >= 4 is 14.5 Å². The largest absolute Gasteiger partial charge is 0.411 e. The second-order valence-electron chi connectivity index (χ2n) is 5.85. The Hall–Kier alpha value is -1.20. The van der Waals surface area contributed by atoms with Crippen LogP contribution < -0.4 is 0 Å². The Labute approximate surface area is 110 Å². The number of rotatable bonds is 4. The van der Waals surface area contributed by atoms with Crippen molar-refractivity contribution in [1.29, 1.82) is 0 Å². The molecule has 0 aliphatic carbocycles. The summed E-state index contributed by atoms with van der Waals surface area (Å²) in [5.41, 5.74) is 1.49. The summed E-state index contributed by atoms with van der Waals surface area (Å²) in [5, 5.41) is 11.6. The van der Waals surface area contributed by atoms with Gasteiger partial charge in [-0.2, -0.15) is 0 Å². The van der Waals surface area contributed by atoms with E-state index in [1.54, 1.807) is 6.07 Å². The fourth-order valence-electron chi connectivity index (χ4n) is 1.18. The third-order valence-electron chi connectivity index (χ3n) is 3.41. The Bertz CT molecular complexity index is 425. The maximum absolute atomic E-state index is 8.48. The highest BCUT2D eigenvalue weighted by Gasteiger charge is 2.37. The zero-order chi connectivity index (χ0) is 13.8. The van der Waals surface area contributed by atoms with E-state index in [0.717, 1.165) is 5.69 Å². The molecule has 0 unspecified atom stereocenters. The first-order valence-electron chi connectivity index (χ1n) is 6.03. The molecule has 1 aromatic rings. The van der Waals surface area contributed by atoms with E-state index in [1.807, 2.05) is 12.1 Å². The van der Waals surface area contributed by atoms with Crippen LogP contribution in [0.25, 0.3) is 0 Å². The van der Waals surface area contributed by atoms with Gasteiger partial charge in [-0.05, 0) is 30.3 Å². The zero-order valence-corrected chi connectivity index (χ0v) is 12.8. The van der Waals surface area contributed by atoms with Gasteiger partial charge in [0.25, 0.3) is 0 Å². The molecule has 1 heterocycles. The molecule has 0 aromatic carbocycles. The topological polar surface area (TPSA) is 54.7 Å². The molecule has 1 aromatic heterocycles. The van der Waals surface area contributed by atoms with Crippen LogP contribution in [-0.4, -0.2) is 24.7 Å². The smallest absolute Gasteiger partial charge is 0.192 e. The van der Waals surface area contributed by atoms with Crippen LogP contribution in [0.3, 0.4) is 0 Å². The van der Waals surface area contributed by atoms with E-state index in [0.29, 0.717) is 12.3 Å². The summed E-state index contributed by atoms with van der Waals surface area (Å²) in [6.07, 6.45) is 1.32. The van der Waals surface area contributed by atoms with Gasteiger partial charge in [-0.3, -0.25) is 0 Å². The van der Waals surface area contributed by atoms with Gasteiger partial charge in [0.05, 0.1) is 24.2 Å². The van der Waals surface area contributed by atoms with Crippen molar-refractivity contribution in [2.75, 3.05) is 0 Å². The van der Waals surface area contributed by atoms with Gasteiger partial charge in [0.2, 0.25) is 0 Å². The molecule has 0 aliphatic heterocycles. The molecule has 0 bridgehead atoms. The van der Waals surface area contributed by atoms with Crippen LogP contribution >= 0.6 is 0 Å². The van der Waals surface area contributed by atoms with Crippen molar-refractivity contribution < 1.29 is 9.63 Å². The first-order valence-corrected chi connectivity index (χ1v) is 8.94.